The Morgan fingerprint density at radius 3 is 2.50 bits per heavy atom. The van der Waals surface area contributed by atoms with E-state index in [1.54, 1.807) is 0 Å². The van der Waals surface area contributed by atoms with Crippen LogP contribution in [-0.2, 0) is 7.05 Å². The summed E-state index contributed by atoms with van der Waals surface area (Å²) in [6.45, 7) is 9.24. The maximum atomic E-state index is 3.45. The number of rotatable bonds is 5. The Labute approximate surface area is 111 Å². The van der Waals surface area contributed by atoms with Crippen molar-refractivity contribution in [1.82, 2.24) is 14.8 Å². The number of aromatic nitrogens is 1. The van der Waals surface area contributed by atoms with E-state index in [0.29, 0.717) is 6.04 Å². The smallest absolute Gasteiger partial charge is 0.0501 e. The molecule has 0 unspecified atom stereocenters. The van der Waals surface area contributed by atoms with Gasteiger partial charge >= 0.3 is 0 Å². The summed E-state index contributed by atoms with van der Waals surface area (Å²) < 4.78 is 2.28. The van der Waals surface area contributed by atoms with Gasteiger partial charge in [0, 0.05) is 45.1 Å². The molecule has 2 heterocycles. The van der Waals surface area contributed by atoms with E-state index < -0.39 is 0 Å². The topological polar surface area (TPSA) is 20.2 Å². The normalized spacial score (nSPS) is 19.3. The van der Waals surface area contributed by atoms with Gasteiger partial charge in [-0.15, -0.1) is 0 Å². The van der Waals surface area contributed by atoms with Crippen molar-refractivity contribution in [3.05, 3.63) is 24.0 Å². The van der Waals surface area contributed by atoms with Gasteiger partial charge in [-0.3, -0.25) is 4.90 Å². The van der Waals surface area contributed by atoms with Crippen molar-refractivity contribution >= 4 is 0 Å². The summed E-state index contributed by atoms with van der Waals surface area (Å²) in [5.74, 6) is 0.788. The molecular formula is C15H27N3. The highest BCUT2D eigenvalue weighted by Gasteiger charge is 2.23. The van der Waals surface area contributed by atoms with Crippen LogP contribution in [0.25, 0.3) is 0 Å². The summed E-state index contributed by atoms with van der Waals surface area (Å²) in [5, 5.41) is 3.45. The van der Waals surface area contributed by atoms with Crippen LogP contribution >= 0.6 is 0 Å². The van der Waals surface area contributed by atoms with Gasteiger partial charge in [0.2, 0.25) is 0 Å². The quantitative estimate of drug-likeness (QED) is 0.865. The second-order valence-corrected chi connectivity index (χ2v) is 5.82. The van der Waals surface area contributed by atoms with E-state index in [4.69, 9.17) is 0 Å². The number of nitrogens with one attached hydrogen (secondary N) is 1. The van der Waals surface area contributed by atoms with Crippen LogP contribution in [0, 0.1) is 5.92 Å². The lowest BCUT2D eigenvalue weighted by Crippen LogP contribution is -2.45. The molecule has 1 aliphatic rings. The predicted molar refractivity (Wildman–Crippen MR) is 76.7 cm³/mol. The van der Waals surface area contributed by atoms with Gasteiger partial charge in [-0.05, 0) is 30.9 Å². The molecule has 1 aromatic rings. The van der Waals surface area contributed by atoms with Crippen molar-refractivity contribution in [3.63, 3.8) is 0 Å². The number of hydrogen-bond donors (Lipinski definition) is 1. The summed E-state index contributed by atoms with van der Waals surface area (Å²) in [5.41, 5.74) is 1.47. The van der Waals surface area contributed by atoms with Crippen LogP contribution in [0.2, 0.25) is 0 Å². The Morgan fingerprint density at radius 2 is 1.94 bits per heavy atom. The first kappa shape index (κ1) is 13.6. The number of nitrogens with zero attached hydrogens (tertiary/aromatic N) is 2. The Morgan fingerprint density at radius 1 is 1.22 bits per heavy atom. The first-order valence-corrected chi connectivity index (χ1v) is 7.24. The van der Waals surface area contributed by atoms with Crippen LogP contribution in [0.4, 0.5) is 0 Å². The van der Waals surface area contributed by atoms with E-state index >= 15 is 0 Å². The van der Waals surface area contributed by atoms with Crippen molar-refractivity contribution in [2.45, 2.75) is 32.7 Å². The molecule has 0 aromatic carbocycles. The fourth-order valence-corrected chi connectivity index (χ4v) is 2.82. The van der Waals surface area contributed by atoms with Crippen molar-refractivity contribution in [1.29, 1.82) is 0 Å². The van der Waals surface area contributed by atoms with Crippen LogP contribution < -0.4 is 5.32 Å². The third-order valence-corrected chi connectivity index (χ3v) is 3.94. The van der Waals surface area contributed by atoms with E-state index in [2.05, 4.69) is 54.0 Å². The molecule has 1 aliphatic heterocycles. The van der Waals surface area contributed by atoms with Gasteiger partial charge in [-0.25, -0.2) is 0 Å². The molecule has 1 atom stereocenters. The van der Waals surface area contributed by atoms with Crippen LogP contribution in [0.1, 0.15) is 38.4 Å². The fourth-order valence-electron chi connectivity index (χ4n) is 2.82. The van der Waals surface area contributed by atoms with Gasteiger partial charge in [-0.1, -0.05) is 13.8 Å². The van der Waals surface area contributed by atoms with Crippen molar-refractivity contribution < 1.29 is 0 Å². The van der Waals surface area contributed by atoms with E-state index in [1.807, 2.05) is 0 Å². The third-order valence-electron chi connectivity index (χ3n) is 3.94. The van der Waals surface area contributed by atoms with E-state index in [-0.39, 0.29) is 0 Å². The zero-order valence-corrected chi connectivity index (χ0v) is 12.0. The fraction of sp³-hybridized carbons (Fsp3) is 0.733. The molecule has 0 bridgehead atoms. The van der Waals surface area contributed by atoms with Crippen molar-refractivity contribution in [2.75, 3.05) is 26.2 Å². The summed E-state index contributed by atoms with van der Waals surface area (Å²) in [7, 11) is 2.17. The maximum Gasteiger partial charge on any atom is 0.0501 e. The number of piperazine rings is 1. The average molecular weight is 249 g/mol. The highest BCUT2D eigenvalue weighted by Crippen LogP contribution is 2.27. The largest absolute Gasteiger partial charge is 0.353 e. The zero-order chi connectivity index (χ0) is 13.0. The lowest BCUT2D eigenvalue weighted by molar-refractivity contribution is 0.154. The molecule has 1 aromatic heterocycles. The van der Waals surface area contributed by atoms with Crippen LogP contribution in [0.5, 0.6) is 0 Å². The lowest BCUT2D eigenvalue weighted by Gasteiger charge is -2.35. The molecule has 0 amide bonds. The van der Waals surface area contributed by atoms with Crippen LogP contribution in [0.15, 0.2) is 18.3 Å². The summed E-state index contributed by atoms with van der Waals surface area (Å²) in [4.78, 5) is 2.65. The lowest BCUT2D eigenvalue weighted by atomic mass is 9.99. The molecule has 3 heteroatoms. The van der Waals surface area contributed by atoms with Crippen molar-refractivity contribution in [3.8, 4) is 0 Å². The van der Waals surface area contributed by atoms with Crippen LogP contribution in [0.3, 0.4) is 0 Å². The van der Waals surface area contributed by atoms with E-state index in [9.17, 15) is 0 Å². The Balaban J connectivity index is 2.09. The molecule has 3 nitrogen and oxygen atoms in total. The maximum absolute atomic E-state index is 3.45. The zero-order valence-electron chi connectivity index (χ0n) is 12.0. The second-order valence-electron chi connectivity index (χ2n) is 5.82. The second kappa shape index (κ2) is 6.39. The minimum Gasteiger partial charge on any atom is -0.353 e. The minimum absolute atomic E-state index is 0.592. The van der Waals surface area contributed by atoms with E-state index in [1.165, 1.54) is 31.6 Å². The Bertz CT molecular complexity index is 350. The first-order chi connectivity index (χ1) is 8.68. The SMILES string of the molecule is CC(C)CC[C@H](c1cccn1C)N1CCNCC1. The van der Waals surface area contributed by atoms with E-state index in [0.717, 1.165) is 19.0 Å². The predicted octanol–water partition coefficient (Wildman–Crippen LogP) is 2.41. The average Bonchev–Trinajstić information content (AvgIpc) is 2.77. The van der Waals surface area contributed by atoms with Crippen LogP contribution in [-0.4, -0.2) is 35.6 Å². The van der Waals surface area contributed by atoms with Crippen molar-refractivity contribution in [2.24, 2.45) is 13.0 Å². The highest BCUT2D eigenvalue weighted by atomic mass is 15.2. The van der Waals surface area contributed by atoms with Gasteiger partial charge in [0.1, 0.15) is 0 Å². The minimum atomic E-state index is 0.592. The number of aryl methyl sites for hydroxylation is 1. The standard InChI is InChI=1S/C15H27N3/c1-13(2)6-7-15(14-5-4-10-17(14)3)18-11-8-16-9-12-18/h4-5,10,13,15-16H,6-9,11-12H2,1-3H3/t15-/m1/s1. The molecule has 2 rings (SSSR count). The molecule has 1 N–H and O–H groups in total. The van der Waals surface area contributed by atoms with Gasteiger partial charge in [0.05, 0.1) is 6.04 Å². The molecule has 1 saturated heterocycles. The Hall–Kier alpha value is -0.800. The molecule has 0 spiro atoms. The highest BCUT2D eigenvalue weighted by molar-refractivity contribution is 5.12. The molecule has 102 valence electrons. The summed E-state index contributed by atoms with van der Waals surface area (Å²) in [6, 6.07) is 5.04. The summed E-state index contributed by atoms with van der Waals surface area (Å²) >= 11 is 0. The Kier molecular flexibility index (Phi) is 4.84. The molecule has 1 fully saturated rings. The van der Waals surface area contributed by atoms with Gasteiger partial charge < -0.3 is 9.88 Å². The molecular weight excluding hydrogens is 222 g/mol. The molecule has 0 aliphatic carbocycles. The number of hydrogen-bond acceptors (Lipinski definition) is 2. The molecule has 18 heavy (non-hydrogen) atoms. The molecule has 0 radical (unpaired) electrons. The first-order valence-electron chi connectivity index (χ1n) is 7.24. The summed E-state index contributed by atoms with van der Waals surface area (Å²) in [6.07, 6.45) is 4.75. The monoisotopic (exact) mass is 249 g/mol. The van der Waals surface area contributed by atoms with Gasteiger partial charge in [0.15, 0.2) is 0 Å². The third kappa shape index (κ3) is 3.36. The molecule has 0 saturated carbocycles. The van der Waals surface area contributed by atoms with Gasteiger partial charge in [0.25, 0.3) is 0 Å². The van der Waals surface area contributed by atoms with Gasteiger partial charge in [-0.2, -0.15) is 0 Å².